The Kier molecular flexibility index (Phi) is 4.92. The summed E-state index contributed by atoms with van der Waals surface area (Å²) in [7, 11) is 1.81. The van der Waals surface area contributed by atoms with E-state index in [-0.39, 0.29) is 5.91 Å². The summed E-state index contributed by atoms with van der Waals surface area (Å²) in [5.41, 5.74) is 1.12. The van der Waals surface area contributed by atoms with Crippen molar-refractivity contribution in [3.05, 3.63) is 54.4 Å². The molecule has 0 unspecified atom stereocenters. The first-order chi connectivity index (χ1) is 9.25. The molecular weight excluding hydrogens is 258 g/mol. The number of thioether (sulfide) groups is 1. The first-order valence-corrected chi connectivity index (χ1v) is 6.92. The summed E-state index contributed by atoms with van der Waals surface area (Å²) in [6.07, 6.45) is 3.35. The van der Waals surface area contributed by atoms with Crippen LogP contribution in [0.25, 0.3) is 0 Å². The van der Waals surface area contributed by atoms with Crippen LogP contribution in [0.5, 0.6) is 0 Å². The maximum Gasteiger partial charge on any atom is 0.233 e. The minimum atomic E-state index is 0.0707. The van der Waals surface area contributed by atoms with Gasteiger partial charge in [-0.25, -0.2) is 9.97 Å². The van der Waals surface area contributed by atoms with E-state index in [4.69, 9.17) is 0 Å². The molecule has 0 saturated carbocycles. The molecule has 19 heavy (non-hydrogen) atoms. The van der Waals surface area contributed by atoms with Crippen LogP contribution in [0.1, 0.15) is 5.56 Å². The summed E-state index contributed by atoms with van der Waals surface area (Å²) >= 11 is 1.35. The Balaban J connectivity index is 1.83. The molecule has 0 N–H and O–H groups in total. The van der Waals surface area contributed by atoms with Crippen LogP contribution in [0.3, 0.4) is 0 Å². The molecule has 0 saturated heterocycles. The minimum Gasteiger partial charge on any atom is -0.341 e. The van der Waals surface area contributed by atoms with E-state index in [9.17, 15) is 4.79 Å². The van der Waals surface area contributed by atoms with Crippen molar-refractivity contribution >= 4 is 17.7 Å². The molecule has 2 aromatic rings. The number of aromatic nitrogens is 2. The molecule has 98 valence electrons. The number of nitrogens with zero attached hydrogens (tertiary/aromatic N) is 3. The maximum atomic E-state index is 12.0. The molecule has 0 bridgehead atoms. The molecule has 0 aliphatic carbocycles. The van der Waals surface area contributed by atoms with Crippen molar-refractivity contribution in [2.24, 2.45) is 0 Å². The third-order valence-electron chi connectivity index (χ3n) is 2.56. The molecule has 0 spiro atoms. The average molecular weight is 273 g/mol. The molecule has 4 nitrogen and oxygen atoms in total. The van der Waals surface area contributed by atoms with E-state index in [1.54, 1.807) is 23.4 Å². The molecule has 1 amide bonds. The van der Waals surface area contributed by atoms with Gasteiger partial charge < -0.3 is 4.90 Å². The number of rotatable bonds is 5. The normalized spacial score (nSPS) is 10.2. The Hall–Kier alpha value is -1.88. The number of hydrogen-bond acceptors (Lipinski definition) is 4. The van der Waals surface area contributed by atoms with Crippen LogP contribution < -0.4 is 0 Å². The van der Waals surface area contributed by atoms with Crippen LogP contribution in [-0.4, -0.2) is 33.6 Å². The Morgan fingerprint density at radius 1 is 1.16 bits per heavy atom. The average Bonchev–Trinajstić information content (AvgIpc) is 2.47. The Labute approximate surface area is 116 Å². The third-order valence-corrected chi connectivity index (χ3v) is 3.42. The van der Waals surface area contributed by atoms with Crippen molar-refractivity contribution in [1.29, 1.82) is 0 Å². The molecule has 0 atom stereocenters. The second-order valence-electron chi connectivity index (χ2n) is 4.06. The van der Waals surface area contributed by atoms with Crippen molar-refractivity contribution in [1.82, 2.24) is 14.9 Å². The van der Waals surface area contributed by atoms with Crippen LogP contribution in [0.4, 0.5) is 0 Å². The number of benzene rings is 1. The van der Waals surface area contributed by atoms with Gasteiger partial charge in [0, 0.05) is 26.0 Å². The molecule has 0 aliphatic rings. The topological polar surface area (TPSA) is 46.1 Å². The zero-order chi connectivity index (χ0) is 13.5. The number of amides is 1. The van der Waals surface area contributed by atoms with E-state index in [1.165, 1.54) is 11.8 Å². The van der Waals surface area contributed by atoms with E-state index in [2.05, 4.69) is 9.97 Å². The van der Waals surface area contributed by atoms with E-state index in [0.29, 0.717) is 17.5 Å². The van der Waals surface area contributed by atoms with E-state index < -0.39 is 0 Å². The van der Waals surface area contributed by atoms with Gasteiger partial charge in [0.25, 0.3) is 0 Å². The van der Waals surface area contributed by atoms with Crippen molar-refractivity contribution < 1.29 is 4.79 Å². The third kappa shape index (κ3) is 4.37. The predicted molar refractivity (Wildman–Crippen MR) is 75.7 cm³/mol. The highest BCUT2D eigenvalue weighted by Gasteiger charge is 2.10. The summed E-state index contributed by atoms with van der Waals surface area (Å²) in [5, 5.41) is 0.629. The predicted octanol–water partition coefficient (Wildman–Crippen LogP) is 2.23. The van der Waals surface area contributed by atoms with Gasteiger partial charge in [-0.2, -0.15) is 0 Å². The molecule has 2 rings (SSSR count). The smallest absolute Gasteiger partial charge is 0.233 e. The van der Waals surface area contributed by atoms with Gasteiger partial charge in [0.2, 0.25) is 5.91 Å². The Morgan fingerprint density at radius 3 is 2.53 bits per heavy atom. The summed E-state index contributed by atoms with van der Waals surface area (Å²) in [4.78, 5) is 21.8. The van der Waals surface area contributed by atoms with Crippen LogP contribution in [0.2, 0.25) is 0 Å². The number of hydrogen-bond donors (Lipinski definition) is 0. The Bertz CT molecular complexity index is 519. The maximum absolute atomic E-state index is 12.0. The standard InChI is InChI=1S/C14H15N3OS/c1-17(10-12-6-3-2-4-7-12)13(18)11-19-14-15-8-5-9-16-14/h2-9H,10-11H2,1H3. The van der Waals surface area contributed by atoms with Gasteiger partial charge in [0.15, 0.2) is 5.16 Å². The molecule has 0 aliphatic heterocycles. The quantitative estimate of drug-likeness (QED) is 0.619. The zero-order valence-corrected chi connectivity index (χ0v) is 11.5. The van der Waals surface area contributed by atoms with E-state index in [0.717, 1.165) is 5.56 Å². The van der Waals surface area contributed by atoms with Crippen molar-refractivity contribution in [3.63, 3.8) is 0 Å². The highest BCUT2D eigenvalue weighted by Crippen LogP contribution is 2.12. The van der Waals surface area contributed by atoms with Gasteiger partial charge in [-0.3, -0.25) is 4.79 Å². The van der Waals surface area contributed by atoms with Crippen molar-refractivity contribution in [3.8, 4) is 0 Å². The lowest BCUT2D eigenvalue weighted by molar-refractivity contribution is -0.127. The number of carbonyl (C=O) groups excluding carboxylic acids is 1. The fourth-order valence-corrected chi connectivity index (χ4v) is 2.29. The van der Waals surface area contributed by atoms with Gasteiger partial charge in [0.1, 0.15) is 0 Å². The summed E-state index contributed by atoms with van der Waals surface area (Å²) in [5.74, 6) is 0.425. The lowest BCUT2D eigenvalue weighted by Crippen LogP contribution is -2.27. The van der Waals surface area contributed by atoms with Gasteiger partial charge >= 0.3 is 0 Å². The first-order valence-electron chi connectivity index (χ1n) is 5.93. The number of carbonyl (C=O) groups is 1. The van der Waals surface area contributed by atoms with Crippen molar-refractivity contribution in [2.45, 2.75) is 11.7 Å². The van der Waals surface area contributed by atoms with Gasteiger partial charge in [-0.1, -0.05) is 42.1 Å². The fraction of sp³-hybridized carbons (Fsp3) is 0.214. The van der Waals surface area contributed by atoms with Crippen LogP contribution >= 0.6 is 11.8 Å². The van der Waals surface area contributed by atoms with Crippen LogP contribution in [0, 0.1) is 0 Å². The van der Waals surface area contributed by atoms with E-state index >= 15 is 0 Å². The summed E-state index contributed by atoms with van der Waals surface area (Å²) in [6, 6.07) is 11.7. The molecular formula is C14H15N3OS. The Morgan fingerprint density at radius 2 is 1.84 bits per heavy atom. The van der Waals surface area contributed by atoms with Crippen LogP contribution in [0.15, 0.2) is 53.9 Å². The van der Waals surface area contributed by atoms with Crippen LogP contribution in [-0.2, 0) is 11.3 Å². The van der Waals surface area contributed by atoms with Gasteiger partial charge in [0.05, 0.1) is 5.75 Å². The monoisotopic (exact) mass is 273 g/mol. The summed E-state index contributed by atoms with van der Waals surface area (Å²) in [6.45, 7) is 0.621. The van der Waals surface area contributed by atoms with Gasteiger partial charge in [-0.15, -0.1) is 0 Å². The second-order valence-corrected chi connectivity index (χ2v) is 5.00. The van der Waals surface area contributed by atoms with E-state index in [1.807, 2.05) is 37.4 Å². The van der Waals surface area contributed by atoms with Crippen molar-refractivity contribution in [2.75, 3.05) is 12.8 Å². The second kappa shape index (κ2) is 6.89. The fourth-order valence-electron chi connectivity index (χ4n) is 1.54. The first kappa shape index (κ1) is 13.5. The highest BCUT2D eigenvalue weighted by atomic mass is 32.2. The lowest BCUT2D eigenvalue weighted by atomic mass is 10.2. The molecule has 0 fully saturated rings. The minimum absolute atomic E-state index is 0.0707. The molecule has 1 aromatic heterocycles. The SMILES string of the molecule is CN(Cc1ccccc1)C(=O)CSc1ncccn1. The molecule has 1 aromatic carbocycles. The lowest BCUT2D eigenvalue weighted by Gasteiger charge is -2.16. The zero-order valence-electron chi connectivity index (χ0n) is 10.7. The largest absolute Gasteiger partial charge is 0.341 e. The molecule has 1 heterocycles. The highest BCUT2D eigenvalue weighted by molar-refractivity contribution is 7.99. The van der Waals surface area contributed by atoms with Gasteiger partial charge in [-0.05, 0) is 11.6 Å². The molecule has 0 radical (unpaired) electrons. The summed E-state index contributed by atoms with van der Waals surface area (Å²) < 4.78 is 0. The molecule has 5 heteroatoms.